The number of hydrogen-bond acceptors (Lipinski definition) is 1. The molecule has 3 heteroatoms. The van der Waals surface area contributed by atoms with Crippen LogP contribution >= 0.6 is 0 Å². The molecule has 0 aliphatic heterocycles. The Morgan fingerprint density at radius 2 is 1.36 bits per heavy atom. The number of aromatic nitrogens is 2. The predicted octanol–water partition coefficient (Wildman–Crippen LogP) is 4.47. The zero-order valence-electron chi connectivity index (χ0n) is 14.7. The Kier molecular flexibility index (Phi) is 12.1. The van der Waals surface area contributed by atoms with E-state index in [4.69, 9.17) is 5.11 Å². The first-order valence-electron chi connectivity index (χ1n) is 9.52. The topological polar surface area (TPSA) is 29.0 Å². The molecule has 0 saturated carbocycles. The second-order valence-corrected chi connectivity index (χ2v) is 6.50. The van der Waals surface area contributed by atoms with E-state index in [9.17, 15) is 0 Å². The highest BCUT2D eigenvalue weighted by molar-refractivity contribution is 4.65. The van der Waals surface area contributed by atoms with Gasteiger partial charge in [0.2, 0.25) is 6.33 Å². The van der Waals surface area contributed by atoms with Crippen LogP contribution in [-0.2, 0) is 13.1 Å². The van der Waals surface area contributed by atoms with Gasteiger partial charge in [-0.1, -0.05) is 71.1 Å². The van der Waals surface area contributed by atoms with E-state index in [1.54, 1.807) is 0 Å². The van der Waals surface area contributed by atoms with E-state index < -0.39 is 0 Å². The molecule has 22 heavy (non-hydrogen) atoms. The van der Waals surface area contributed by atoms with Crippen LogP contribution in [0.2, 0.25) is 0 Å². The third kappa shape index (κ3) is 9.99. The van der Waals surface area contributed by atoms with E-state index in [2.05, 4.69) is 24.0 Å². The Labute approximate surface area is 137 Å². The summed E-state index contributed by atoms with van der Waals surface area (Å²) in [6.07, 6.45) is 23.0. The summed E-state index contributed by atoms with van der Waals surface area (Å²) in [4.78, 5) is 0. The summed E-state index contributed by atoms with van der Waals surface area (Å²) in [5.74, 6) is 0. The van der Waals surface area contributed by atoms with Gasteiger partial charge in [-0.05, 0) is 12.8 Å². The molecule has 0 atom stereocenters. The Morgan fingerprint density at radius 3 is 1.91 bits per heavy atom. The summed E-state index contributed by atoms with van der Waals surface area (Å²) >= 11 is 0. The highest BCUT2D eigenvalue weighted by Gasteiger charge is 2.02. The molecule has 0 fully saturated rings. The maximum atomic E-state index is 8.89. The molecule has 3 nitrogen and oxygen atoms in total. The smallest absolute Gasteiger partial charge is 0.243 e. The first-order valence-corrected chi connectivity index (χ1v) is 9.52. The Balaban J connectivity index is 1.83. The molecular formula is C19H37N2O+. The fourth-order valence-corrected chi connectivity index (χ4v) is 2.95. The van der Waals surface area contributed by atoms with Crippen LogP contribution in [0.25, 0.3) is 0 Å². The minimum absolute atomic E-state index is 0.216. The largest absolute Gasteiger partial charge is 0.392 e. The third-order valence-electron chi connectivity index (χ3n) is 4.37. The van der Waals surface area contributed by atoms with Crippen LogP contribution in [0.4, 0.5) is 0 Å². The van der Waals surface area contributed by atoms with Crippen molar-refractivity contribution in [3.8, 4) is 0 Å². The Morgan fingerprint density at radius 1 is 0.818 bits per heavy atom. The molecule has 0 saturated heterocycles. The first kappa shape index (κ1) is 19.2. The van der Waals surface area contributed by atoms with Crippen molar-refractivity contribution in [2.75, 3.05) is 6.61 Å². The van der Waals surface area contributed by atoms with Crippen LogP contribution in [0.3, 0.4) is 0 Å². The summed E-state index contributed by atoms with van der Waals surface area (Å²) < 4.78 is 4.27. The number of rotatable bonds is 15. The van der Waals surface area contributed by atoms with Crippen molar-refractivity contribution in [3.63, 3.8) is 0 Å². The maximum Gasteiger partial charge on any atom is 0.243 e. The lowest BCUT2D eigenvalue weighted by Crippen LogP contribution is -2.30. The zero-order valence-corrected chi connectivity index (χ0v) is 14.7. The highest BCUT2D eigenvalue weighted by Crippen LogP contribution is 2.11. The lowest BCUT2D eigenvalue weighted by molar-refractivity contribution is -0.696. The summed E-state index contributed by atoms with van der Waals surface area (Å²) in [6.45, 7) is 4.30. The normalized spacial score (nSPS) is 11.2. The molecule has 1 rings (SSSR count). The molecule has 0 aliphatic carbocycles. The summed E-state index contributed by atoms with van der Waals surface area (Å²) in [6, 6.07) is 0. The van der Waals surface area contributed by atoms with Crippen LogP contribution in [0.15, 0.2) is 18.7 Å². The van der Waals surface area contributed by atoms with Gasteiger partial charge in [0.15, 0.2) is 0 Å². The summed E-state index contributed by atoms with van der Waals surface area (Å²) in [5, 5.41) is 8.89. The van der Waals surface area contributed by atoms with Gasteiger partial charge in [-0.25, -0.2) is 9.13 Å². The van der Waals surface area contributed by atoms with Gasteiger partial charge in [0.25, 0.3) is 0 Å². The molecular weight excluding hydrogens is 272 g/mol. The molecule has 1 aromatic heterocycles. The van der Waals surface area contributed by atoms with Gasteiger partial charge in [0.1, 0.15) is 18.9 Å². The van der Waals surface area contributed by atoms with Crippen LogP contribution in [0.1, 0.15) is 84.0 Å². The van der Waals surface area contributed by atoms with Crippen molar-refractivity contribution in [1.82, 2.24) is 4.57 Å². The van der Waals surface area contributed by atoms with E-state index in [1.165, 1.54) is 77.0 Å². The van der Waals surface area contributed by atoms with Gasteiger partial charge in [0.05, 0.1) is 13.2 Å². The van der Waals surface area contributed by atoms with Crippen molar-refractivity contribution in [2.24, 2.45) is 0 Å². The van der Waals surface area contributed by atoms with Crippen LogP contribution in [0.5, 0.6) is 0 Å². The minimum Gasteiger partial charge on any atom is -0.392 e. The van der Waals surface area contributed by atoms with E-state index in [0.717, 1.165) is 6.54 Å². The van der Waals surface area contributed by atoms with Crippen LogP contribution in [-0.4, -0.2) is 16.3 Å². The number of nitrogens with zero attached hydrogens (tertiary/aromatic N) is 2. The van der Waals surface area contributed by atoms with Gasteiger partial charge < -0.3 is 5.11 Å². The van der Waals surface area contributed by atoms with E-state index in [1.807, 2.05) is 10.8 Å². The van der Waals surface area contributed by atoms with Crippen molar-refractivity contribution in [2.45, 2.75) is 97.1 Å². The van der Waals surface area contributed by atoms with E-state index in [-0.39, 0.29) is 6.61 Å². The van der Waals surface area contributed by atoms with Crippen LogP contribution < -0.4 is 4.57 Å². The number of imidazole rings is 1. The van der Waals surface area contributed by atoms with Gasteiger partial charge >= 0.3 is 0 Å². The third-order valence-corrected chi connectivity index (χ3v) is 4.37. The van der Waals surface area contributed by atoms with Gasteiger partial charge in [-0.3, -0.25) is 0 Å². The number of aryl methyl sites for hydroxylation is 1. The summed E-state index contributed by atoms with van der Waals surface area (Å²) in [5.41, 5.74) is 0. The zero-order chi connectivity index (χ0) is 15.9. The Hall–Kier alpha value is -0.830. The maximum absolute atomic E-state index is 8.89. The molecule has 0 unspecified atom stereocenters. The van der Waals surface area contributed by atoms with Crippen molar-refractivity contribution < 1.29 is 9.67 Å². The second-order valence-electron chi connectivity index (χ2n) is 6.50. The number of aliphatic hydroxyl groups is 1. The van der Waals surface area contributed by atoms with E-state index in [0.29, 0.717) is 6.54 Å². The van der Waals surface area contributed by atoms with Gasteiger partial charge in [-0.15, -0.1) is 0 Å². The number of aliphatic hydroxyl groups excluding tert-OH is 1. The monoisotopic (exact) mass is 309 g/mol. The highest BCUT2D eigenvalue weighted by atomic mass is 16.3. The van der Waals surface area contributed by atoms with Crippen LogP contribution in [0, 0.1) is 0 Å². The van der Waals surface area contributed by atoms with Gasteiger partial charge in [-0.2, -0.15) is 0 Å². The lowest BCUT2D eigenvalue weighted by Gasteiger charge is -2.02. The second kappa shape index (κ2) is 13.8. The molecule has 1 N–H and O–H groups in total. The predicted molar refractivity (Wildman–Crippen MR) is 92.8 cm³/mol. The lowest BCUT2D eigenvalue weighted by atomic mass is 10.1. The molecule has 0 radical (unpaired) electrons. The number of hydrogen-bond donors (Lipinski definition) is 1. The molecule has 128 valence electrons. The SMILES string of the molecule is CCCCCCCCCCCCCC[n+]1ccn(CCO)c1. The molecule has 0 aliphatic rings. The standard InChI is InChI=1S/C19H37N2O/c1-2-3-4-5-6-7-8-9-10-11-12-13-14-20-15-16-21(19-20)17-18-22/h15-16,19,22H,2-14,17-18H2,1H3/q+1. The van der Waals surface area contributed by atoms with Crippen molar-refractivity contribution in [1.29, 1.82) is 0 Å². The fraction of sp³-hybridized carbons (Fsp3) is 0.842. The number of unbranched alkanes of at least 4 members (excludes halogenated alkanes) is 11. The Bertz CT molecular complexity index is 349. The minimum atomic E-state index is 0.216. The average Bonchev–Trinajstić information content (AvgIpc) is 2.96. The molecule has 0 aromatic carbocycles. The quantitative estimate of drug-likeness (QED) is 0.376. The summed E-state index contributed by atoms with van der Waals surface area (Å²) in [7, 11) is 0. The van der Waals surface area contributed by atoms with Crippen molar-refractivity contribution in [3.05, 3.63) is 18.7 Å². The molecule has 1 heterocycles. The molecule has 0 amide bonds. The fourth-order valence-electron chi connectivity index (χ4n) is 2.95. The van der Waals surface area contributed by atoms with E-state index >= 15 is 0 Å². The molecule has 1 aromatic rings. The average molecular weight is 310 g/mol. The van der Waals surface area contributed by atoms with Gasteiger partial charge in [0, 0.05) is 0 Å². The van der Waals surface area contributed by atoms with Crippen molar-refractivity contribution >= 4 is 0 Å². The molecule has 0 bridgehead atoms. The molecule has 0 spiro atoms. The first-order chi connectivity index (χ1) is 10.9.